The molecule has 0 unspecified atom stereocenters. The van der Waals surface area contributed by atoms with Crippen molar-refractivity contribution in [2.45, 2.75) is 26.7 Å². The highest BCUT2D eigenvalue weighted by molar-refractivity contribution is 5.71. The minimum atomic E-state index is -0.738. The van der Waals surface area contributed by atoms with Gasteiger partial charge in [0.1, 0.15) is 12.1 Å². The normalized spacial score (nSPS) is 18.5. The predicted molar refractivity (Wildman–Crippen MR) is 81.2 cm³/mol. The van der Waals surface area contributed by atoms with Gasteiger partial charge in [0, 0.05) is 24.8 Å². The Balaban J connectivity index is 1.88. The number of aromatic nitrogens is 4. The van der Waals surface area contributed by atoms with Crippen LogP contribution in [-0.2, 0) is 4.79 Å². The van der Waals surface area contributed by atoms with Gasteiger partial charge in [-0.15, -0.1) is 0 Å². The predicted octanol–water partition coefficient (Wildman–Crippen LogP) is 1.58. The van der Waals surface area contributed by atoms with E-state index in [1.165, 1.54) is 6.33 Å². The van der Waals surface area contributed by atoms with Crippen LogP contribution in [0.25, 0.3) is 5.82 Å². The van der Waals surface area contributed by atoms with Crippen molar-refractivity contribution >= 4 is 11.8 Å². The second-order valence-electron chi connectivity index (χ2n) is 5.70. The molecule has 2 aromatic heterocycles. The van der Waals surface area contributed by atoms with Crippen LogP contribution in [-0.4, -0.2) is 43.9 Å². The monoisotopic (exact) mass is 301 g/mol. The average molecular weight is 301 g/mol. The van der Waals surface area contributed by atoms with Crippen molar-refractivity contribution in [3.63, 3.8) is 0 Å². The fraction of sp³-hybridized carbons (Fsp3) is 0.467. The van der Waals surface area contributed by atoms with E-state index in [-0.39, 0.29) is 5.92 Å². The maximum Gasteiger partial charge on any atom is 0.308 e. The van der Waals surface area contributed by atoms with Gasteiger partial charge < -0.3 is 10.0 Å². The topological polar surface area (TPSA) is 84.1 Å². The van der Waals surface area contributed by atoms with Crippen LogP contribution in [0.15, 0.2) is 18.5 Å². The molecule has 1 saturated heterocycles. The summed E-state index contributed by atoms with van der Waals surface area (Å²) in [6, 6.07) is 3.85. The zero-order valence-electron chi connectivity index (χ0n) is 12.7. The number of hydrogen-bond donors (Lipinski definition) is 1. The quantitative estimate of drug-likeness (QED) is 0.926. The van der Waals surface area contributed by atoms with Crippen LogP contribution < -0.4 is 4.90 Å². The summed E-state index contributed by atoms with van der Waals surface area (Å²) in [5.41, 5.74) is 1.94. The molecule has 0 spiro atoms. The lowest BCUT2D eigenvalue weighted by Crippen LogP contribution is -2.39. The molecule has 0 aliphatic carbocycles. The number of piperidine rings is 1. The van der Waals surface area contributed by atoms with E-state index in [4.69, 9.17) is 0 Å². The number of carbonyl (C=O) groups is 1. The molecule has 1 fully saturated rings. The van der Waals surface area contributed by atoms with Crippen molar-refractivity contribution < 1.29 is 9.90 Å². The van der Waals surface area contributed by atoms with E-state index >= 15 is 0 Å². The van der Waals surface area contributed by atoms with Crippen molar-refractivity contribution in [3.05, 3.63) is 29.8 Å². The molecule has 1 aliphatic rings. The number of carboxylic acid groups (broad SMARTS) is 1. The van der Waals surface area contributed by atoms with E-state index in [9.17, 15) is 9.90 Å². The SMILES string of the molecule is Cc1cc(C)n(-c2cc(N3CCC[C@@H](C(=O)O)C3)ncn2)n1. The van der Waals surface area contributed by atoms with Crippen molar-refractivity contribution in [3.8, 4) is 5.82 Å². The van der Waals surface area contributed by atoms with Gasteiger partial charge in [0.25, 0.3) is 0 Å². The molecule has 116 valence electrons. The van der Waals surface area contributed by atoms with Crippen LogP contribution >= 0.6 is 0 Å². The highest BCUT2D eigenvalue weighted by atomic mass is 16.4. The summed E-state index contributed by atoms with van der Waals surface area (Å²) in [6.45, 7) is 5.22. The lowest BCUT2D eigenvalue weighted by atomic mass is 9.98. The Hall–Kier alpha value is -2.44. The zero-order chi connectivity index (χ0) is 15.7. The fourth-order valence-corrected chi connectivity index (χ4v) is 2.87. The molecule has 3 rings (SSSR count). The molecular formula is C15H19N5O2. The van der Waals surface area contributed by atoms with Crippen LogP contribution in [0.5, 0.6) is 0 Å². The fourth-order valence-electron chi connectivity index (χ4n) is 2.87. The summed E-state index contributed by atoms with van der Waals surface area (Å²) < 4.78 is 1.78. The van der Waals surface area contributed by atoms with Gasteiger partial charge in [0.15, 0.2) is 5.82 Å². The molecule has 2 aromatic rings. The number of carboxylic acids is 1. The lowest BCUT2D eigenvalue weighted by Gasteiger charge is -2.31. The van der Waals surface area contributed by atoms with Crippen LogP contribution in [0.3, 0.4) is 0 Å². The maximum absolute atomic E-state index is 11.2. The summed E-state index contributed by atoms with van der Waals surface area (Å²) in [5, 5.41) is 13.6. The molecule has 7 heteroatoms. The molecule has 0 saturated carbocycles. The Morgan fingerprint density at radius 2 is 2.05 bits per heavy atom. The van der Waals surface area contributed by atoms with Crippen molar-refractivity contribution in [2.75, 3.05) is 18.0 Å². The largest absolute Gasteiger partial charge is 0.481 e. The van der Waals surface area contributed by atoms with Crippen molar-refractivity contribution in [1.29, 1.82) is 0 Å². The molecule has 0 amide bonds. The maximum atomic E-state index is 11.2. The molecule has 1 N–H and O–H groups in total. The van der Waals surface area contributed by atoms with Crippen LogP contribution in [0.2, 0.25) is 0 Å². The van der Waals surface area contributed by atoms with E-state index < -0.39 is 5.97 Å². The number of rotatable bonds is 3. The number of aryl methyl sites for hydroxylation is 2. The molecule has 0 aromatic carbocycles. The van der Waals surface area contributed by atoms with Gasteiger partial charge in [-0.25, -0.2) is 14.6 Å². The van der Waals surface area contributed by atoms with Crippen LogP contribution in [0.4, 0.5) is 5.82 Å². The van der Waals surface area contributed by atoms with Gasteiger partial charge in [0.05, 0.1) is 11.6 Å². The van der Waals surface area contributed by atoms with E-state index in [0.29, 0.717) is 12.4 Å². The first-order valence-corrected chi connectivity index (χ1v) is 7.38. The minimum absolute atomic E-state index is 0.333. The smallest absolute Gasteiger partial charge is 0.308 e. The van der Waals surface area contributed by atoms with Crippen LogP contribution in [0.1, 0.15) is 24.2 Å². The van der Waals surface area contributed by atoms with E-state index in [1.807, 2.05) is 30.9 Å². The molecule has 3 heterocycles. The van der Waals surface area contributed by atoms with Gasteiger partial charge >= 0.3 is 5.97 Å². The Morgan fingerprint density at radius 1 is 1.27 bits per heavy atom. The first-order valence-electron chi connectivity index (χ1n) is 7.38. The molecule has 1 atom stereocenters. The summed E-state index contributed by atoms with van der Waals surface area (Å²) in [4.78, 5) is 21.8. The Labute approximate surface area is 128 Å². The van der Waals surface area contributed by atoms with Gasteiger partial charge in [0.2, 0.25) is 0 Å². The molecule has 22 heavy (non-hydrogen) atoms. The minimum Gasteiger partial charge on any atom is -0.481 e. The average Bonchev–Trinajstić information content (AvgIpc) is 2.86. The lowest BCUT2D eigenvalue weighted by molar-refractivity contribution is -0.141. The third-order valence-electron chi connectivity index (χ3n) is 3.96. The molecule has 7 nitrogen and oxygen atoms in total. The number of anilines is 1. The first-order chi connectivity index (χ1) is 10.5. The summed E-state index contributed by atoms with van der Waals surface area (Å²) >= 11 is 0. The third-order valence-corrected chi connectivity index (χ3v) is 3.96. The standard InChI is InChI=1S/C15H19N5O2/c1-10-6-11(2)20(18-10)14-7-13(16-9-17-14)19-5-3-4-12(8-19)15(21)22/h6-7,9,12H,3-5,8H2,1-2H3,(H,21,22)/t12-/m1/s1. The highest BCUT2D eigenvalue weighted by Crippen LogP contribution is 2.23. The summed E-state index contributed by atoms with van der Waals surface area (Å²) in [7, 11) is 0. The number of hydrogen-bond acceptors (Lipinski definition) is 5. The van der Waals surface area contributed by atoms with E-state index in [0.717, 1.165) is 36.6 Å². The van der Waals surface area contributed by atoms with E-state index in [1.54, 1.807) is 4.68 Å². The van der Waals surface area contributed by atoms with Crippen LogP contribution in [0, 0.1) is 19.8 Å². The first kappa shape index (κ1) is 14.5. The molecule has 0 radical (unpaired) electrons. The van der Waals surface area contributed by atoms with Gasteiger partial charge in [-0.05, 0) is 32.8 Å². The highest BCUT2D eigenvalue weighted by Gasteiger charge is 2.26. The summed E-state index contributed by atoms with van der Waals surface area (Å²) in [6.07, 6.45) is 3.09. The van der Waals surface area contributed by atoms with Gasteiger partial charge in [-0.2, -0.15) is 5.10 Å². The summed E-state index contributed by atoms with van der Waals surface area (Å²) in [5.74, 6) is 0.384. The Morgan fingerprint density at radius 3 is 2.73 bits per heavy atom. The molecule has 0 bridgehead atoms. The van der Waals surface area contributed by atoms with E-state index in [2.05, 4.69) is 15.1 Å². The molecule has 1 aliphatic heterocycles. The Kier molecular flexibility index (Phi) is 3.79. The number of nitrogens with zero attached hydrogens (tertiary/aromatic N) is 5. The second kappa shape index (κ2) is 5.75. The molecular weight excluding hydrogens is 282 g/mol. The second-order valence-corrected chi connectivity index (χ2v) is 5.70. The van der Waals surface area contributed by atoms with Gasteiger partial charge in [-0.3, -0.25) is 4.79 Å². The van der Waals surface area contributed by atoms with Crippen molar-refractivity contribution in [2.24, 2.45) is 5.92 Å². The third kappa shape index (κ3) is 2.79. The van der Waals surface area contributed by atoms with Crippen molar-refractivity contribution in [1.82, 2.24) is 19.7 Å². The zero-order valence-corrected chi connectivity index (χ0v) is 12.7. The van der Waals surface area contributed by atoms with Gasteiger partial charge in [-0.1, -0.05) is 0 Å². The number of aliphatic carboxylic acids is 1. The Bertz CT molecular complexity index is 697.